The van der Waals surface area contributed by atoms with Gasteiger partial charge in [-0.05, 0) is 50.6 Å². The summed E-state index contributed by atoms with van der Waals surface area (Å²) >= 11 is 0. The molecule has 3 aromatic rings. The molecule has 0 aliphatic carbocycles. The Morgan fingerprint density at radius 3 is 2.30 bits per heavy atom. The van der Waals surface area contributed by atoms with E-state index < -0.39 is 15.9 Å². The fraction of sp³-hybridized carbons (Fsp3) is 0.348. The van der Waals surface area contributed by atoms with Gasteiger partial charge in [-0.2, -0.15) is 4.31 Å². The van der Waals surface area contributed by atoms with E-state index in [4.69, 9.17) is 9.15 Å². The minimum absolute atomic E-state index is 0.0184. The maximum atomic E-state index is 13.0. The quantitative estimate of drug-likeness (QED) is 0.589. The van der Waals surface area contributed by atoms with Crippen LogP contribution >= 0.6 is 0 Å². The molecule has 4 rings (SSSR count). The molecule has 10 heteroatoms. The molecule has 1 saturated heterocycles. The molecular weight excluding hydrogens is 444 g/mol. The minimum atomic E-state index is -3.68. The zero-order chi connectivity index (χ0) is 23.6. The van der Waals surface area contributed by atoms with Crippen LogP contribution in [0.15, 0.2) is 57.8 Å². The van der Waals surface area contributed by atoms with Gasteiger partial charge in [-0.25, -0.2) is 8.42 Å². The number of aromatic nitrogens is 2. The number of aryl methyl sites for hydroxylation is 1. The zero-order valence-corrected chi connectivity index (χ0v) is 19.5. The zero-order valence-electron chi connectivity index (χ0n) is 18.7. The summed E-state index contributed by atoms with van der Waals surface area (Å²) in [5.41, 5.74) is 2.45. The fourth-order valence-corrected chi connectivity index (χ4v) is 5.27. The summed E-state index contributed by atoms with van der Waals surface area (Å²) in [6.07, 6.45) is 0.0897. The highest BCUT2D eigenvalue weighted by Gasteiger charge is 2.32. The average molecular weight is 471 g/mol. The van der Waals surface area contributed by atoms with E-state index in [1.165, 1.54) is 28.6 Å². The van der Waals surface area contributed by atoms with E-state index in [2.05, 4.69) is 15.5 Å². The SMILES string of the molecule is Cc1ccc(Cc2nnc(NC(=O)c3ccc(S(=O)(=O)N4CC(C)OC(C)C4)cc3)o2)cc1. The molecule has 1 fully saturated rings. The third-order valence-corrected chi connectivity index (χ3v) is 7.15. The molecule has 2 atom stereocenters. The predicted molar refractivity (Wildman–Crippen MR) is 121 cm³/mol. The van der Waals surface area contributed by atoms with Crippen LogP contribution in [0.4, 0.5) is 6.01 Å². The summed E-state index contributed by atoms with van der Waals surface area (Å²) in [4.78, 5) is 12.7. The number of carbonyl (C=O) groups is 1. The minimum Gasteiger partial charge on any atom is -0.407 e. The number of anilines is 1. The number of amides is 1. The molecule has 1 amide bonds. The van der Waals surface area contributed by atoms with Gasteiger partial charge < -0.3 is 9.15 Å². The number of rotatable bonds is 6. The van der Waals surface area contributed by atoms with Crippen LogP contribution in [0.5, 0.6) is 0 Å². The second-order valence-corrected chi connectivity index (χ2v) is 10.2. The van der Waals surface area contributed by atoms with Crippen LogP contribution < -0.4 is 5.32 Å². The van der Waals surface area contributed by atoms with Crippen molar-refractivity contribution in [2.45, 2.75) is 44.3 Å². The fourth-order valence-electron chi connectivity index (χ4n) is 3.68. The van der Waals surface area contributed by atoms with Crippen molar-refractivity contribution < 1.29 is 22.4 Å². The largest absolute Gasteiger partial charge is 0.407 e. The summed E-state index contributed by atoms with van der Waals surface area (Å²) in [5.74, 6) is -0.0948. The Hall–Kier alpha value is -3.08. The van der Waals surface area contributed by atoms with Crippen LogP contribution in [0.1, 0.15) is 41.2 Å². The van der Waals surface area contributed by atoms with Gasteiger partial charge in [-0.1, -0.05) is 34.9 Å². The van der Waals surface area contributed by atoms with Gasteiger partial charge in [0, 0.05) is 18.7 Å². The molecule has 1 N–H and O–H groups in total. The number of nitrogens with one attached hydrogen (secondary N) is 1. The molecule has 2 heterocycles. The maximum absolute atomic E-state index is 13.0. The molecule has 1 aliphatic rings. The molecule has 0 bridgehead atoms. The second-order valence-electron chi connectivity index (χ2n) is 8.22. The maximum Gasteiger partial charge on any atom is 0.322 e. The third kappa shape index (κ3) is 5.47. The molecule has 33 heavy (non-hydrogen) atoms. The van der Waals surface area contributed by atoms with Crippen LogP contribution in [0.25, 0.3) is 0 Å². The van der Waals surface area contributed by atoms with Crippen molar-refractivity contribution >= 4 is 21.9 Å². The lowest BCUT2D eigenvalue weighted by atomic mass is 10.1. The van der Waals surface area contributed by atoms with E-state index in [-0.39, 0.29) is 41.8 Å². The number of hydrogen-bond acceptors (Lipinski definition) is 7. The number of ether oxygens (including phenoxy) is 1. The van der Waals surface area contributed by atoms with Crippen molar-refractivity contribution in [2.75, 3.05) is 18.4 Å². The van der Waals surface area contributed by atoms with Crippen LogP contribution in [0.3, 0.4) is 0 Å². The Morgan fingerprint density at radius 1 is 1.03 bits per heavy atom. The van der Waals surface area contributed by atoms with Crippen LogP contribution in [0, 0.1) is 6.92 Å². The van der Waals surface area contributed by atoms with Gasteiger partial charge in [0.05, 0.1) is 23.5 Å². The summed E-state index contributed by atoms with van der Waals surface area (Å²) in [5, 5.41) is 10.4. The normalized spacial score (nSPS) is 19.4. The lowest BCUT2D eigenvalue weighted by molar-refractivity contribution is -0.0440. The van der Waals surface area contributed by atoms with E-state index >= 15 is 0 Å². The molecule has 2 aromatic carbocycles. The number of carbonyl (C=O) groups excluding carboxylic acids is 1. The standard InChI is InChI=1S/C23H26N4O5S/c1-15-4-6-18(7-5-15)12-21-25-26-23(32-21)24-22(28)19-8-10-20(11-9-19)33(29,30)27-13-16(2)31-17(3)14-27/h4-11,16-17H,12-14H2,1-3H3,(H,24,26,28). The van der Waals surface area contributed by atoms with Crippen molar-refractivity contribution in [1.82, 2.24) is 14.5 Å². The Kier molecular flexibility index (Phi) is 6.59. The number of nitrogens with zero attached hydrogens (tertiary/aromatic N) is 3. The number of hydrogen-bond donors (Lipinski definition) is 1. The van der Waals surface area contributed by atoms with Gasteiger partial charge in [0.25, 0.3) is 5.91 Å². The third-order valence-electron chi connectivity index (χ3n) is 5.30. The first kappa shape index (κ1) is 23.1. The molecule has 0 spiro atoms. The average Bonchev–Trinajstić information content (AvgIpc) is 3.21. The van der Waals surface area contributed by atoms with Gasteiger partial charge in [0.1, 0.15) is 0 Å². The predicted octanol–water partition coefficient (Wildman–Crippen LogP) is 3.02. The molecular formula is C23H26N4O5S. The van der Waals surface area contributed by atoms with E-state index in [1.807, 2.05) is 45.0 Å². The first-order valence-corrected chi connectivity index (χ1v) is 12.1. The van der Waals surface area contributed by atoms with Gasteiger partial charge in [0.2, 0.25) is 15.9 Å². The smallest absolute Gasteiger partial charge is 0.322 e. The first-order valence-electron chi connectivity index (χ1n) is 10.7. The highest BCUT2D eigenvalue weighted by molar-refractivity contribution is 7.89. The Balaban J connectivity index is 1.40. The molecule has 0 radical (unpaired) electrons. The van der Waals surface area contributed by atoms with E-state index in [9.17, 15) is 13.2 Å². The van der Waals surface area contributed by atoms with Gasteiger partial charge in [-0.3, -0.25) is 10.1 Å². The second kappa shape index (κ2) is 9.42. The topological polar surface area (TPSA) is 115 Å². The lowest BCUT2D eigenvalue weighted by Gasteiger charge is -2.34. The van der Waals surface area contributed by atoms with Crippen LogP contribution in [-0.2, 0) is 21.2 Å². The highest BCUT2D eigenvalue weighted by Crippen LogP contribution is 2.22. The van der Waals surface area contributed by atoms with Crippen molar-refractivity contribution in [2.24, 2.45) is 0 Å². The monoisotopic (exact) mass is 470 g/mol. The number of sulfonamides is 1. The van der Waals surface area contributed by atoms with E-state index in [1.54, 1.807) is 0 Å². The number of morpholine rings is 1. The highest BCUT2D eigenvalue weighted by atomic mass is 32.2. The lowest BCUT2D eigenvalue weighted by Crippen LogP contribution is -2.48. The van der Waals surface area contributed by atoms with E-state index in [0.717, 1.165) is 11.1 Å². The van der Waals surface area contributed by atoms with Gasteiger partial charge >= 0.3 is 6.01 Å². The summed E-state index contributed by atoms with van der Waals surface area (Å²) < 4.78 is 38.5. The molecule has 1 aliphatic heterocycles. The summed E-state index contributed by atoms with van der Waals surface area (Å²) in [7, 11) is -3.68. The molecule has 1 aromatic heterocycles. The number of benzene rings is 2. The Morgan fingerprint density at radius 2 is 1.67 bits per heavy atom. The molecule has 174 valence electrons. The van der Waals surface area contributed by atoms with Crippen molar-refractivity contribution in [3.63, 3.8) is 0 Å². The van der Waals surface area contributed by atoms with Gasteiger partial charge in [-0.15, -0.1) is 5.10 Å². The van der Waals surface area contributed by atoms with Crippen molar-refractivity contribution in [3.8, 4) is 0 Å². The summed E-state index contributed by atoms with van der Waals surface area (Å²) in [6.45, 7) is 6.27. The summed E-state index contributed by atoms with van der Waals surface area (Å²) in [6, 6.07) is 13.7. The van der Waals surface area contributed by atoms with E-state index in [0.29, 0.717) is 12.3 Å². The molecule has 0 saturated carbocycles. The van der Waals surface area contributed by atoms with Crippen LogP contribution in [-0.4, -0.2) is 54.1 Å². The van der Waals surface area contributed by atoms with Crippen LogP contribution in [0.2, 0.25) is 0 Å². The van der Waals surface area contributed by atoms with Crippen molar-refractivity contribution in [3.05, 3.63) is 71.1 Å². The Bertz CT molecular complexity index is 1210. The van der Waals surface area contributed by atoms with Gasteiger partial charge in [0.15, 0.2) is 0 Å². The molecule has 2 unspecified atom stereocenters. The first-order chi connectivity index (χ1) is 15.7. The molecule has 9 nitrogen and oxygen atoms in total. The van der Waals surface area contributed by atoms with Crippen molar-refractivity contribution in [1.29, 1.82) is 0 Å². The Labute approximate surface area is 192 Å².